The molecule has 5 saturated carbocycles. The van der Waals surface area contributed by atoms with Crippen LogP contribution >= 0.6 is 11.6 Å². The zero-order chi connectivity index (χ0) is 11.9. The largest absolute Gasteiger partial charge is 0.326 e. The number of hydrogen-bond acceptors (Lipinski definition) is 2. The van der Waals surface area contributed by atoms with Gasteiger partial charge in [-0.05, 0) is 24.2 Å². The molecule has 6 rings (SSSR count). The van der Waals surface area contributed by atoms with Crippen LogP contribution < -0.4 is 0 Å². The van der Waals surface area contributed by atoms with E-state index in [2.05, 4.69) is 0 Å². The Balaban J connectivity index is 1.77. The van der Waals surface area contributed by atoms with Crippen molar-refractivity contribution in [2.45, 2.75) is 17.3 Å². The zero-order valence-electron chi connectivity index (χ0n) is 9.68. The minimum atomic E-state index is -0.217. The van der Waals surface area contributed by atoms with Gasteiger partial charge in [0.15, 0.2) is 0 Å². The molecule has 3 bridgehead atoms. The molecule has 3 amide bonds. The van der Waals surface area contributed by atoms with E-state index >= 15 is 0 Å². The second kappa shape index (κ2) is 2.00. The minimum Gasteiger partial charge on any atom is -0.320 e. The van der Waals surface area contributed by atoms with Crippen molar-refractivity contribution in [3.05, 3.63) is 0 Å². The second-order valence-corrected chi connectivity index (χ2v) is 6.89. The lowest BCUT2D eigenvalue weighted by Crippen LogP contribution is -2.76. The van der Waals surface area contributed by atoms with Gasteiger partial charge in [-0.15, -0.1) is 11.6 Å². The van der Waals surface area contributed by atoms with E-state index in [1.54, 1.807) is 7.05 Å². The van der Waals surface area contributed by atoms with Gasteiger partial charge >= 0.3 is 6.03 Å². The van der Waals surface area contributed by atoms with Gasteiger partial charge < -0.3 is 4.90 Å². The average Bonchev–Trinajstić information content (AvgIpc) is 2.53. The number of nitrogens with zero attached hydrogens (tertiary/aromatic N) is 2. The SMILES string of the molecule is CN1C(=O)N(C)[C@@]23C[C@H]4[C@@H](Cl)[C@@H]2C2[C@H]4[C@@]23C1=O. The Bertz CT molecular complexity index is 523. The molecule has 6 fully saturated rings. The van der Waals surface area contributed by atoms with E-state index in [9.17, 15) is 9.59 Å². The van der Waals surface area contributed by atoms with Crippen molar-refractivity contribution in [2.75, 3.05) is 14.1 Å². The Morgan fingerprint density at radius 2 is 1.94 bits per heavy atom. The molecule has 1 saturated heterocycles. The first-order valence-corrected chi connectivity index (χ1v) is 6.65. The number of carbonyl (C=O) groups is 2. The Morgan fingerprint density at radius 1 is 1.24 bits per heavy atom. The maximum Gasteiger partial charge on any atom is 0.326 e. The zero-order valence-corrected chi connectivity index (χ0v) is 10.4. The van der Waals surface area contributed by atoms with Crippen molar-refractivity contribution in [1.29, 1.82) is 0 Å². The monoisotopic (exact) mass is 252 g/mol. The van der Waals surface area contributed by atoms with Crippen molar-refractivity contribution in [1.82, 2.24) is 9.80 Å². The number of alkyl halides is 1. The summed E-state index contributed by atoms with van der Waals surface area (Å²) in [6, 6.07) is -0.152. The standard InChI is InChI=1S/C12H13ClN2O2/c1-14-9(16)12-5-4-3-11(12,15(2)10(14)17)7(6(5)12)8(4)13/h4-8H,3H2,1-2H3/t4-,5+,6?,7+,8-,11+,12+/m1/s1. The first-order valence-electron chi connectivity index (χ1n) is 6.21. The number of hydrogen-bond donors (Lipinski definition) is 0. The number of urea groups is 1. The highest BCUT2D eigenvalue weighted by Gasteiger charge is 3.03. The third kappa shape index (κ3) is 0.497. The van der Waals surface area contributed by atoms with Crippen molar-refractivity contribution in [2.24, 2.45) is 29.1 Å². The molecule has 6 aliphatic rings. The maximum absolute atomic E-state index is 12.5. The van der Waals surface area contributed by atoms with Gasteiger partial charge in [-0.2, -0.15) is 0 Å². The van der Waals surface area contributed by atoms with E-state index < -0.39 is 0 Å². The van der Waals surface area contributed by atoms with E-state index in [1.165, 1.54) is 4.90 Å². The molecule has 0 N–H and O–H groups in total. The number of carbonyl (C=O) groups excluding carboxylic acids is 2. The third-order valence-electron chi connectivity index (χ3n) is 6.58. The smallest absolute Gasteiger partial charge is 0.320 e. The van der Waals surface area contributed by atoms with E-state index in [0.717, 1.165) is 6.42 Å². The van der Waals surface area contributed by atoms with Crippen LogP contribution in [0.2, 0.25) is 0 Å². The first-order chi connectivity index (χ1) is 8.01. The lowest BCUT2D eigenvalue weighted by molar-refractivity contribution is -0.161. The van der Waals surface area contributed by atoms with E-state index in [4.69, 9.17) is 11.6 Å². The lowest BCUT2D eigenvalue weighted by atomic mass is 9.57. The maximum atomic E-state index is 12.5. The second-order valence-electron chi connectivity index (χ2n) is 6.39. The Labute approximate surface area is 104 Å². The molecule has 17 heavy (non-hydrogen) atoms. The van der Waals surface area contributed by atoms with E-state index in [1.807, 2.05) is 11.9 Å². The van der Waals surface area contributed by atoms with Crippen molar-refractivity contribution >= 4 is 23.5 Å². The molecule has 4 nitrogen and oxygen atoms in total. The summed E-state index contributed by atoms with van der Waals surface area (Å²) in [6.07, 6.45) is 0.953. The topological polar surface area (TPSA) is 40.6 Å². The highest BCUT2D eigenvalue weighted by Crippen LogP contribution is 2.96. The molecular formula is C12H13ClN2O2. The molecule has 0 radical (unpaired) electrons. The van der Waals surface area contributed by atoms with Crippen LogP contribution in [0.5, 0.6) is 0 Å². The van der Waals surface area contributed by atoms with Gasteiger partial charge in [-0.3, -0.25) is 9.69 Å². The number of imide groups is 1. The van der Waals surface area contributed by atoms with Gasteiger partial charge in [-0.25, -0.2) is 4.79 Å². The molecule has 90 valence electrons. The van der Waals surface area contributed by atoms with Crippen LogP contribution in [0.3, 0.4) is 0 Å². The molecule has 0 aromatic carbocycles. The van der Waals surface area contributed by atoms with Gasteiger partial charge in [0.2, 0.25) is 5.91 Å². The number of halogens is 1. The summed E-state index contributed by atoms with van der Waals surface area (Å²) in [6.45, 7) is 0. The quantitative estimate of drug-likeness (QED) is 0.597. The molecule has 1 heterocycles. The summed E-state index contributed by atoms with van der Waals surface area (Å²) in [5.74, 6) is 1.87. The first kappa shape index (κ1) is 9.20. The van der Waals surface area contributed by atoms with Crippen molar-refractivity contribution in [3.8, 4) is 0 Å². The van der Waals surface area contributed by atoms with Crippen LogP contribution in [0.15, 0.2) is 0 Å². The van der Waals surface area contributed by atoms with E-state index in [0.29, 0.717) is 23.7 Å². The van der Waals surface area contributed by atoms with Crippen molar-refractivity contribution < 1.29 is 9.59 Å². The van der Waals surface area contributed by atoms with Crippen LogP contribution in [0.4, 0.5) is 4.79 Å². The third-order valence-corrected chi connectivity index (χ3v) is 7.17. The molecule has 7 atom stereocenters. The van der Waals surface area contributed by atoms with Gasteiger partial charge in [0, 0.05) is 25.4 Å². The van der Waals surface area contributed by atoms with Crippen LogP contribution in [-0.2, 0) is 4.79 Å². The predicted octanol–water partition coefficient (Wildman–Crippen LogP) is 0.752. The summed E-state index contributed by atoms with van der Waals surface area (Å²) in [5.41, 5.74) is -0.425. The number of amides is 3. The van der Waals surface area contributed by atoms with Crippen LogP contribution in [-0.4, -0.2) is 46.7 Å². The molecule has 0 aromatic rings. The van der Waals surface area contributed by atoms with Gasteiger partial charge in [-0.1, -0.05) is 0 Å². The molecule has 5 heteroatoms. The van der Waals surface area contributed by atoms with Gasteiger partial charge in [0.1, 0.15) is 0 Å². The molecule has 0 aromatic heterocycles. The average molecular weight is 253 g/mol. The highest BCUT2D eigenvalue weighted by molar-refractivity contribution is 6.23. The number of rotatable bonds is 0. The fraction of sp³-hybridized carbons (Fsp3) is 0.833. The normalized spacial score (nSPS) is 65.0. The van der Waals surface area contributed by atoms with Gasteiger partial charge in [0.25, 0.3) is 0 Å². The van der Waals surface area contributed by atoms with Gasteiger partial charge in [0.05, 0.1) is 11.0 Å². The Morgan fingerprint density at radius 3 is 2.53 bits per heavy atom. The summed E-state index contributed by atoms with van der Waals surface area (Å²) in [7, 11) is 3.46. The summed E-state index contributed by atoms with van der Waals surface area (Å²) >= 11 is 6.46. The summed E-state index contributed by atoms with van der Waals surface area (Å²) < 4.78 is 0. The van der Waals surface area contributed by atoms with Crippen LogP contribution in [0.25, 0.3) is 0 Å². The Hall–Kier alpha value is -0.770. The Kier molecular flexibility index (Phi) is 1.08. The summed E-state index contributed by atoms with van der Waals surface area (Å²) in [4.78, 5) is 27.7. The summed E-state index contributed by atoms with van der Waals surface area (Å²) in [5, 5.41) is 0.193. The lowest BCUT2D eigenvalue weighted by Gasteiger charge is -2.60. The predicted molar refractivity (Wildman–Crippen MR) is 59.3 cm³/mol. The molecule has 1 aliphatic heterocycles. The van der Waals surface area contributed by atoms with Crippen molar-refractivity contribution in [3.63, 3.8) is 0 Å². The highest BCUT2D eigenvalue weighted by atomic mass is 35.5. The molecular weight excluding hydrogens is 240 g/mol. The fourth-order valence-electron chi connectivity index (χ4n) is 6.30. The van der Waals surface area contributed by atoms with E-state index in [-0.39, 0.29) is 28.3 Å². The molecule has 1 unspecified atom stereocenters. The molecule has 2 spiro atoms. The van der Waals surface area contributed by atoms with Crippen LogP contribution in [0, 0.1) is 29.1 Å². The molecule has 5 aliphatic carbocycles. The van der Waals surface area contributed by atoms with Crippen LogP contribution in [0.1, 0.15) is 6.42 Å². The fourth-order valence-corrected chi connectivity index (χ4v) is 6.92. The minimum absolute atomic E-state index is 0.0675.